The minimum Gasteiger partial charge on any atom is -0.507 e. The lowest BCUT2D eigenvalue weighted by Crippen LogP contribution is -2.21. The Morgan fingerprint density at radius 2 is 2.00 bits per heavy atom. The van der Waals surface area contributed by atoms with Crippen molar-refractivity contribution in [2.24, 2.45) is 0 Å². The van der Waals surface area contributed by atoms with E-state index in [0.717, 1.165) is 12.1 Å². The lowest BCUT2D eigenvalue weighted by Gasteiger charge is -2.19. The van der Waals surface area contributed by atoms with Crippen LogP contribution < -0.4 is 25.2 Å². The number of ether oxygens (including phenoxy) is 3. The normalized spacial score (nSPS) is 13.0. The average Bonchev–Trinajstić information content (AvgIpc) is 3.22. The minimum absolute atomic E-state index is 0.0396. The van der Waals surface area contributed by atoms with Gasteiger partial charge in [-0.25, -0.2) is 13.6 Å². The van der Waals surface area contributed by atoms with E-state index in [9.17, 15) is 23.5 Å². The predicted molar refractivity (Wildman–Crippen MR) is 112 cm³/mol. The van der Waals surface area contributed by atoms with Crippen molar-refractivity contribution in [3.05, 3.63) is 75.3 Å². The van der Waals surface area contributed by atoms with Crippen molar-refractivity contribution in [2.75, 3.05) is 19.2 Å². The number of aryl methyl sites for hydroxylation is 1. The third-order valence-corrected chi connectivity index (χ3v) is 5.12. The van der Waals surface area contributed by atoms with Crippen LogP contribution >= 0.6 is 0 Å². The van der Waals surface area contributed by atoms with E-state index in [1.807, 2.05) is 0 Å². The van der Waals surface area contributed by atoms with E-state index in [1.165, 1.54) is 20.1 Å². The molecule has 0 spiro atoms. The van der Waals surface area contributed by atoms with Crippen molar-refractivity contribution >= 4 is 11.6 Å². The maximum absolute atomic E-state index is 14.0. The summed E-state index contributed by atoms with van der Waals surface area (Å²) < 4.78 is 48.5. The Balaban J connectivity index is 1.76. The van der Waals surface area contributed by atoms with Crippen molar-refractivity contribution in [2.45, 2.75) is 19.3 Å². The Hall–Kier alpha value is -4.08. The summed E-state index contributed by atoms with van der Waals surface area (Å²) in [7, 11) is 1.41. The highest BCUT2D eigenvalue weighted by Gasteiger charge is 2.30. The zero-order chi connectivity index (χ0) is 23.7. The monoisotopic (exact) mass is 459 g/mol. The Bertz CT molecular complexity index is 1290. The van der Waals surface area contributed by atoms with Crippen molar-refractivity contribution in [1.29, 1.82) is 0 Å². The molecule has 0 unspecified atom stereocenters. The molecule has 2 aromatic carbocycles. The highest BCUT2D eigenvalue weighted by Crippen LogP contribution is 2.45. The molecule has 0 bridgehead atoms. The standard InChI is InChI=1S/C23H19F2NO7/c1-11-5-17(27)21(23(29)33-11)14(9-20(28)26-16-4-3-13(24)8-15(16)25)12-6-18(30-2)22-19(7-12)31-10-32-22/h3-8,14,27H,9-10H2,1-2H3,(H,26,28)/t14-/m0/s1. The highest BCUT2D eigenvalue weighted by atomic mass is 19.1. The number of rotatable bonds is 6. The molecule has 0 aliphatic carbocycles. The molecule has 0 saturated carbocycles. The van der Waals surface area contributed by atoms with E-state index in [0.29, 0.717) is 28.9 Å². The number of methoxy groups -OCH3 is 1. The maximum atomic E-state index is 14.0. The number of fused-ring (bicyclic) bond motifs is 1. The molecule has 33 heavy (non-hydrogen) atoms. The molecule has 0 saturated heterocycles. The molecule has 1 aromatic heterocycles. The first-order valence-electron chi connectivity index (χ1n) is 9.83. The van der Waals surface area contributed by atoms with Gasteiger partial charge < -0.3 is 29.1 Å². The van der Waals surface area contributed by atoms with Crippen LogP contribution in [0.5, 0.6) is 23.0 Å². The van der Waals surface area contributed by atoms with Crippen LogP contribution in [-0.2, 0) is 4.79 Å². The third-order valence-electron chi connectivity index (χ3n) is 5.12. The molecule has 10 heteroatoms. The number of carbonyl (C=O) groups is 1. The second-order valence-electron chi connectivity index (χ2n) is 7.33. The molecule has 2 N–H and O–H groups in total. The molecule has 1 amide bonds. The molecule has 4 rings (SSSR count). The molecular formula is C23H19F2NO7. The Labute approximate surface area is 186 Å². The fourth-order valence-corrected chi connectivity index (χ4v) is 3.64. The van der Waals surface area contributed by atoms with Gasteiger partial charge in [-0.3, -0.25) is 4.79 Å². The molecule has 1 aliphatic rings. The fourth-order valence-electron chi connectivity index (χ4n) is 3.64. The number of hydrogen-bond donors (Lipinski definition) is 2. The van der Waals surface area contributed by atoms with Crippen LogP contribution in [0.4, 0.5) is 14.5 Å². The van der Waals surface area contributed by atoms with Gasteiger partial charge in [0.15, 0.2) is 11.5 Å². The minimum atomic E-state index is -1.02. The van der Waals surface area contributed by atoms with Crippen molar-refractivity contribution in [3.8, 4) is 23.0 Å². The number of benzene rings is 2. The quantitative estimate of drug-likeness (QED) is 0.577. The van der Waals surface area contributed by atoms with Crippen LogP contribution in [0.1, 0.15) is 29.2 Å². The lowest BCUT2D eigenvalue weighted by molar-refractivity contribution is -0.116. The van der Waals surface area contributed by atoms with Gasteiger partial charge in [0.05, 0.1) is 18.4 Å². The molecule has 2 heterocycles. The van der Waals surface area contributed by atoms with Gasteiger partial charge in [-0.1, -0.05) is 0 Å². The summed E-state index contributed by atoms with van der Waals surface area (Å²) in [4.78, 5) is 25.5. The van der Waals surface area contributed by atoms with E-state index < -0.39 is 29.1 Å². The Morgan fingerprint density at radius 3 is 2.70 bits per heavy atom. The average molecular weight is 459 g/mol. The molecule has 1 atom stereocenters. The molecule has 0 fully saturated rings. The molecule has 3 aromatic rings. The number of aromatic hydroxyl groups is 1. The van der Waals surface area contributed by atoms with Crippen LogP contribution in [0, 0.1) is 18.6 Å². The van der Waals surface area contributed by atoms with Crippen molar-refractivity contribution in [1.82, 2.24) is 0 Å². The van der Waals surface area contributed by atoms with Crippen molar-refractivity contribution in [3.63, 3.8) is 0 Å². The molecule has 1 aliphatic heterocycles. The third kappa shape index (κ3) is 4.45. The number of hydrogen-bond acceptors (Lipinski definition) is 7. The Kier molecular flexibility index (Phi) is 5.91. The summed E-state index contributed by atoms with van der Waals surface area (Å²) in [6.07, 6.45) is -0.388. The summed E-state index contributed by atoms with van der Waals surface area (Å²) in [6, 6.07) is 7.07. The van der Waals surface area contributed by atoms with Crippen LogP contribution in [0.2, 0.25) is 0 Å². The molecule has 172 valence electrons. The van der Waals surface area contributed by atoms with E-state index in [1.54, 1.807) is 12.1 Å². The topological polar surface area (TPSA) is 107 Å². The van der Waals surface area contributed by atoms with Crippen LogP contribution in [0.15, 0.2) is 45.6 Å². The Morgan fingerprint density at radius 1 is 1.21 bits per heavy atom. The van der Waals surface area contributed by atoms with Gasteiger partial charge >= 0.3 is 5.63 Å². The summed E-state index contributed by atoms with van der Waals surface area (Å²) in [5.41, 5.74) is -0.855. The number of anilines is 1. The number of amides is 1. The van der Waals surface area contributed by atoms with Gasteiger partial charge in [0.1, 0.15) is 23.1 Å². The van der Waals surface area contributed by atoms with Crippen LogP contribution in [0.3, 0.4) is 0 Å². The van der Waals surface area contributed by atoms with Crippen LogP contribution in [-0.4, -0.2) is 24.9 Å². The summed E-state index contributed by atoms with van der Waals surface area (Å²) in [5.74, 6) is -2.66. The molecular weight excluding hydrogens is 440 g/mol. The summed E-state index contributed by atoms with van der Waals surface area (Å²) >= 11 is 0. The van der Waals surface area contributed by atoms with E-state index in [-0.39, 0.29) is 36.0 Å². The van der Waals surface area contributed by atoms with Crippen molar-refractivity contribution < 1.29 is 37.3 Å². The van der Waals surface area contributed by atoms with Gasteiger partial charge in [0, 0.05) is 24.5 Å². The number of nitrogens with one attached hydrogen (secondary N) is 1. The van der Waals surface area contributed by atoms with Gasteiger partial charge in [-0.15, -0.1) is 0 Å². The van der Waals surface area contributed by atoms with E-state index in [2.05, 4.69) is 5.32 Å². The van der Waals surface area contributed by atoms with Gasteiger partial charge in [0.2, 0.25) is 18.4 Å². The SMILES string of the molecule is COc1cc([C@H](CC(=O)Nc2ccc(F)cc2F)c2c(O)cc(C)oc2=O)cc2c1OCO2. The van der Waals surface area contributed by atoms with Gasteiger partial charge in [0.25, 0.3) is 0 Å². The second-order valence-corrected chi connectivity index (χ2v) is 7.33. The largest absolute Gasteiger partial charge is 0.507 e. The zero-order valence-corrected chi connectivity index (χ0v) is 17.6. The molecule has 0 radical (unpaired) electrons. The maximum Gasteiger partial charge on any atom is 0.343 e. The smallest absolute Gasteiger partial charge is 0.343 e. The second kappa shape index (κ2) is 8.81. The lowest BCUT2D eigenvalue weighted by atomic mass is 9.88. The predicted octanol–water partition coefficient (Wildman–Crippen LogP) is 3.83. The van der Waals surface area contributed by atoms with Crippen LogP contribution in [0.25, 0.3) is 0 Å². The zero-order valence-electron chi connectivity index (χ0n) is 17.6. The number of halogens is 2. The van der Waals surface area contributed by atoms with E-state index >= 15 is 0 Å². The summed E-state index contributed by atoms with van der Waals surface area (Å²) in [6.45, 7) is 1.45. The first kappa shape index (κ1) is 22.1. The first-order chi connectivity index (χ1) is 15.8. The number of carbonyl (C=O) groups excluding carboxylic acids is 1. The van der Waals surface area contributed by atoms with Gasteiger partial charge in [-0.05, 0) is 36.8 Å². The highest BCUT2D eigenvalue weighted by molar-refractivity contribution is 5.91. The van der Waals surface area contributed by atoms with E-state index in [4.69, 9.17) is 18.6 Å². The van der Waals surface area contributed by atoms with Gasteiger partial charge in [-0.2, -0.15) is 0 Å². The molecule has 8 nitrogen and oxygen atoms in total. The fraction of sp³-hybridized carbons (Fsp3) is 0.217. The summed E-state index contributed by atoms with van der Waals surface area (Å²) in [5, 5.41) is 12.9. The first-order valence-corrected chi connectivity index (χ1v) is 9.83.